The van der Waals surface area contributed by atoms with E-state index in [1.54, 1.807) is 6.92 Å². The van der Waals surface area contributed by atoms with E-state index < -0.39 is 17.9 Å². The van der Waals surface area contributed by atoms with Gasteiger partial charge < -0.3 is 19.9 Å². The Hall–Kier alpha value is -2.83. The zero-order valence-electron chi connectivity index (χ0n) is 12.5. The largest absolute Gasteiger partial charge is 0.465 e. The van der Waals surface area contributed by atoms with Crippen LogP contribution in [-0.2, 0) is 19.0 Å². The Morgan fingerprint density at radius 2 is 1.59 bits per heavy atom. The van der Waals surface area contributed by atoms with Crippen molar-refractivity contribution in [2.45, 2.75) is 6.92 Å². The molecule has 0 amide bonds. The third-order valence-electron chi connectivity index (χ3n) is 2.71. The molecule has 0 bridgehead atoms. The molecule has 22 heavy (non-hydrogen) atoms. The number of ether oxygens (including phenoxy) is 3. The van der Waals surface area contributed by atoms with E-state index >= 15 is 0 Å². The van der Waals surface area contributed by atoms with Crippen LogP contribution in [0.25, 0.3) is 6.08 Å². The fourth-order valence-electron chi connectivity index (χ4n) is 1.68. The number of hydrogen-bond acceptors (Lipinski definition) is 7. The standard InChI is InChI=1S/C15H17NO6/c1-4-22-12(17)6-5-9-7-10(14(18)20-2)13(16)11(8-9)15(19)21-3/h5-8H,4,16H2,1-3H3/b6-5+. The second-order valence-corrected chi connectivity index (χ2v) is 4.10. The minimum Gasteiger partial charge on any atom is -0.465 e. The van der Waals surface area contributed by atoms with Crippen molar-refractivity contribution in [2.24, 2.45) is 0 Å². The average molecular weight is 307 g/mol. The summed E-state index contributed by atoms with van der Waals surface area (Å²) in [5.74, 6) is -1.94. The van der Waals surface area contributed by atoms with Crippen LogP contribution in [0.1, 0.15) is 33.2 Å². The monoisotopic (exact) mass is 307 g/mol. The van der Waals surface area contributed by atoms with Crippen LogP contribution in [0.2, 0.25) is 0 Å². The molecule has 7 heteroatoms. The predicted octanol–water partition coefficient (Wildman–Crippen LogP) is 1.42. The van der Waals surface area contributed by atoms with Crippen LogP contribution < -0.4 is 5.73 Å². The van der Waals surface area contributed by atoms with Crippen molar-refractivity contribution in [1.29, 1.82) is 0 Å². The van der Waals surface area contributed by atoms with Gasteiger partial charge in [-0.1, -0.05) is 0 Å². The Bertz CT molecular complexity index is 583. The van der Waals surface area contributed by atoms with E-state index in [1.807, 2.05) is 0 Å². The van der Waals surface area contributed by atoms with Crippen molar-refractivity contribution in [3.63, 3.8) is 0 Å². The fourth-order valence-corrected chi connectivity index (χ4v) is 1.68. The topological polar surface area (TPSA) is 105 Å². The Morgan fingerprint density at radius 1 is 1.09 bits per heavy atom. The first kappa shape index (κ1) is 17.2. The molecule has 0 aliphatic heterocycles. The van der Waals surface area contributed by atoms with E-state index in [2.05, 4.69) is 9.47 Å². The van der Waals surface area contributed by atoms with Crippen LogP contribution in [0.5, 0.6) is 0 Å². The molecule has 0 radical (unpaired) electrons. The van der Waals surface area contributed by atoms with Crippen LogP contribution in [-0.4, -0.2) is 38.7 Å². The summed E-state index contributed by atoms with van der Waals surface area (Å²) in [5.41, 5.74) is 6.16. The highest BCUT2D eigenvalue weighted by molar-refractivity contribution is 6.04. The average Bonchev–Trinajstić information content (AvgIpc) is 2.52. The number of hydrogen-bond donors (Lipinski definition) is 1. The number of nitrogen functional groups attached to an aromatic ring is 1. The highest BCUT2D eigenvalue weighted by Gasteiger charge is 2.19. The zero-order valence-corrected chi connectivity index (χ0v) is 12.5. The molecule has 1 rings (SSSR count). The molecule has 2 N–H and O–H groups in total. The Balaban J connectivity index is 3.31. The number of carbonyl (C=O) groups is 3. The van der Waals surface area contributed by atoms with Gasteiger partial charge >= 0.3 is 17.9 Å². The quantitative estimate of drug-likeness (QED) is 0.379. The van der Waals surface area contributed by atoms with E-state index in [9.17, 15) is 14.4 Å². The van der Waals surface area contributed by atoms with Crippen LogP contribution in [0, 0.1) is 0 Å². The maximum absolute atomic E-state index is 11.7. The Labute approximate surface area is 127 Å². The summed E-state index contributed by atoms with van der Waals surface area (Å²) < 4.78 is 14.0. The second-order valence-electron chi connectivity index (χ2n) is 4.10. The van der Waals surface area contributed by atoms with E-state index in [1.165, 1.54) is 38.5 Å². The van der Waals surface area contributed by atoms with Crippen LogP contribution in [0.15, 0.2) is 18.2 Å². The minimum atomic E-state index is -0.700. The lowest BCUT2D eigenvalue weighted by atomic mass is 10.0. The van der Waals surface area contributed by atoms with Gasteiger partial charge in [0.05, 0.1) is 37.6 Å². The number of anilines is 1. The summed E-state index contributed by atoms with van der Waals surface area (Å²) in [7, 11) is 2.39. The van der Waals surface area contributed by atoms with Gasteiger partial charge in [-0.05, 0) is 30.7 Å². The van der Waals surface area contributed by atoms with Crippen LogP contribution in [0.4, 0.5) is 5.69 Å². The molecule has 0 unspecified atom stereocenters. The molecule has 0 heterocycles. The molecule has 0 saturated heterocycles. The minimum absolute atomic E-state index is 0.00825. The highest BCUT2D eigenvalue weighted by Crippen LogP contribution is 2.23. The van der Waals surface area contributed by atoms with Gasteiger partial charge in [-0.3, -0.25) is 0 Å². The molecular formula is C15H17NO6. The van der Waals surface area contributed by atoms with Crippen molar-refractivity contribution < 1.29 is 28.6 Å². The molecule has 0 saturated carbocycles. The summed E-state index contributed by atoms with van der Waals surface area (Å²) in [5, 5.41) is 0. The van der Waals surface area contributed by atoms with E-state index in [0.29, 0.717) is 5.56 Å². The van der Waals surface area contributed by atoms with Gasteiger partial charge in [-0.25, -0.2) is 14.4 Å². The molecule has 1 aromatic carbocycles. The number of nitrogens with two attached hydrogens (primary N) is 1. The molecule has 0 fully saturated rings. The predicted molar refractivity (Wildman–Crippen MR) is 79.2 cm³/mol. The normalized spacial score (nSPS) is 10.3. The van der Waals surface area contributed by atoms with E-state index in [-0.39, 0.29) is 23.4 Å². The van der Waals surface area contributed by atoms with Crippen LogP contribution in [0.3, 0.4) is 0 Å². The van der Waals surface area contributed by atoms with Gasteiger partial charge in [0.25, 0.3) is 0 Å². The molecule has 0 aliphatic carbocycles. The summed E-state index contributed by atoms with van der Waals surface area (Å²) in [6, 6.07) is 2.81. The molecule has 0 aromatic heterocycles. The molecular weight excluding hydrogens is 290 g/mol. The molecule has 118 valence electrons. The summed E-state index contributed by atoms with van der Waals surface area (Å²) in [4.78, 5) is 34.8. The van der Waals surface area contributed by atoms with Crippen molar-refractivity contribution in [2.75, 3.05) is 26.6 Å². The lowest BCUT2D eigenvalue weighted by molar-refractivity contribution is -0.137. The second kappa shape index (κ2) is 7.82. The maximum Gasteiger partial charge on any atom is 0.340 e. The third-order valence-corrected chi connectivity index (χ3v) is 2.71. The van der Waals surface area contributed by atoms with Crippen molar-refractivity contribution >= 4 is 29.7 Å². The van der Waals surface area contributed by atoms with Gasteiger partial charge in [0.15, 0.2) is 0 Å². The Morgan fingerprint density at radius 3 is 2.00 bits per heavy atom. The molecule has 7 nitrogen and oxygen atoms in total. The number of esters is 3. The first-order valence-corrected chi connectivity index (χ1v) is 6.39. The SMILES string of the molecule is CCOC(=O)/C=C/c1cc(C(=O)OC)c(N)c(C(=O)OC)c1. The molecule has 0 spiro atoms. The van der Waals surface area contributed by atoms with Gasteiger partial charge in [0.2, 0.25) is 0 Å². The lowest BCUT2D eigenvalue weighted by Crippen LogP contribution is -2.12. The fraction of sp³-hybridized carbons (Fsp3) is 0.267. The van der Waals surface area contributed by atoms with Gasteiger partial charge in [0.1, 0.15) is 0 Å². The first-order chi connectivity index (χ1) is 10.4. The van der Waals surface area contributed by atoms with Crippen LogP contribution >= 0.6 is 0 Å². The van der Waals surface area contributed by atoms with Gasteiger partial charge in [0, 0.05) is 6.08 Å². The molecule has 0 atom stereocenters. The number of carbonyl (C=O) groups excluding carboxylic acids is 3. The smallest absolute Gasteiger partial charge is 0.340 e. The Kier molecular flexibility index (Phi) is 6.12. The summed E-state index contributed by atoms with van der Waals surface area (Å²) in [6.45, 7) is 1.92. The number of rotatable bonds is 5. The number of methoxy groups -OCH3 is 2. The van der Waals surface area contributed by atoms with Gasteiger partial charge in [-0.15, -0.1) is 0 Å². The lowest BCUT2D eigenvalue weighted by Gasteiger charge is -2.10. The number of benzene rings is 1. The van der Waals surface area contributed by atoms with E-state index in [4.69, 9.17) is 10.5 Å². The van der Waals surface area contributed by atoms with E-state index in [0.717, 1.165) is 0 Å². The van der Waals surface area contributed by atoms with Gasteiger partial charge in [-0.2, -0.15) is 0 Å². The highest BCUT2D eigenvalue weighted by atomic mass is 16.5. The maximum atomic E-state index is 11.7. The van der Waals surface area contributed by atoms with Crippen molar-refractivity contribution in [1.82, 2.24) is 0 Å². The molecule has 0 aliphatic rings. The zero-order chi connectivity index (χ0) is 16.7. The summed E-state index contributed by atoms with van der Waals surface area (Å²) >= 11 is 0. The molecule has 1 aromatic rings. The summed E-state index contributed by atoms with van der Waals surface area (Å²) in [6.07, 6.45) is 2.58. The first-order valence-electron chi connectivity index (χ1n) is 6.39. The van der Waals surface area contributed by atoms with Crippen molar-refractivity contribution in [3.05, 3.63) is 34.9 Å². The third kappa shape index (κ3) is 4.08. The van der Waals surface area contributed by atoms with Crippen molar-refractivity contribution in [3.8, 4) is 0 Å².